The molecule has 0 aromatic rings. The molecular formula is C16H30N2O. The van der Waals surface area contributed by atoms with Crippen LogP contribution in [0.2, 0.25) is 0 Å². The lowest BCUT2D eigenvalue weighted by molar-refractivity contribution is -0.135. The molecular weight excluding hydrogens is 236 g/mol. The van der Waals surface area contributed by atoms with Crippen molar-refractivity contribution < 1.29 is 4.79 Å². The predicted octanol–water partition coefficient (Wildman–Crippen LogP) is 3.15. The lowest BCUT2D eigenvalue weighted by Gasteiger charge is -2.40. The second kappa shape index (κ2) is 6.25. The predicted molar refractivity (Wildman–Crippen MR) is 78.7 cm³/mol. The Morgan fingerprint density at radius 1 is 1.21 bits per heavy atom. The zero-order valence-corrected chi connectivity index (χ0v) is 13.0. The summed E-state index contributed by atoms with van der Waals surface area (Å²) in [5.74, 6) is 1.45. The quantitative estimate of drug-likeness (QED) is 0.848. The van der Waals surface area contributed by atoms with E-state index in [2.05, 4.69) is 37.9 Å². The van der Waals surface area contributed by atoms with Crippen LogP contribution in [0.4, 0.5) is 0 Å². The first-order valence-electron chi connectivity index (χ1n) is 8.18. The average molecular weight is 266 g/mol. The zero-order chi connectivity index (χ0) is 14.0. The van der Waals surface area contributed by atoms with Crippen LogP contribution in [-0.4, -0.2) is 29.1 Å². The van der Waals surface area contributed by atoms with Crippen molar-refractivity contribution in [3.8, 4) is 0 Å². The van der Waals surface area contributed by atoms with Gasteiger partial charge >= 0.3 is 0 Å². The van der Waals surface area contributed by atoms with Crippen molar-refractivity contribution in [3.05, 3.63) is 0 Å². The lowest BCUT2D eigenvalue weighted by atomic mass is 9.81. The molecule has 0 aromatic carbocycles. The molecule has 3 nitrogen and oxygen atoms in total. The molecule has 4 atom stereocenters. The summed E-state index contributed by atoms with van der Waals surface area (Å²) in [7, 11) is 0. The molecule has 1 saturated carbocycles. The highest BCUT2D eigenvalue weighted by atomic mass is 16.2. The summed E-state index contributed by atoms with van der Waals surface area (Å²) in [4.78, 5) is 15.0. The van der Waals surface area contributed by atoms with Gasteiger partial charge in [-0.05, 0) is 31.1 Å². The van der Waals surface area contributed by atoms with Gasteiger partial charge in [0.15, 0.2) is 0 Å². The van der Waals surface area contributed by atoms with Crippen LogP contribution in [0, 0.1) is 11.8 Å². The molecule has 1 aliphatic carbocycles. The molecule has 110 valence electrons. The maximum Gasteiger partial charge on any atom is 0.241 e. The molecule has 1 N–H and O–H groups in total. The number of nitrogens with one attached hydrogen (secondary N) is 1. The summed E-state index contributed by atoms with van der Waals surface area (Å²) in [5, 5.41) is 3.56. The van der Waals surface area contributed by atoms with E-state index in [4.69, 9.17) is 0 Å². The van der Waals surface area contributed by atoms with Crippen molar-refractivity contribution in [1.82, 2.24) is 10.2 Å². The minimum absolute atomic E-state index is 0.0318. The van der Waals surface area contributed by atoms with Gasteiger partial charge in [0, 0.05) is 6.04 Å². The summed E-state index contributed by atoms with van der Waals surface area (Å²) in [6, 6.07) is 0.511. The molecule has 3 heteroatoms. The summed E-state index contributed by atoms with van der Waals surface area (Å²) in [6.07, 6.45) is 7.61. The first-order valence-corrected chi connectivity index (χ1v) is 8.18. The highest BCUT2D eigenvalue weighted by molar-refractivity contribution is 5.85. The van der Waals surface area contributed by atoms with Crippen molar-refractivity contribution in [1.29, 1.82) is 0 Å². The fourth-order valence-electron chi connectivity index (χ4n) is 3.89. The lowest BCUT2D eigenvalue weighted by Crippen LogP contribution is -2.49. The number of carbonyl (C=O) groups excluding carboxylic acids is 1. The Balaban J connectivity index is 2.18. The van der Waals surface area contributed by atoms with Crippen LogP contribution in [0.1, 0.15) is 66.2 Å². The first-order chi connectivity index (χ1) is 9.10. The van der Waals surface area contributed by atoms with Gasteiger partial charge in [-0.2, -0.15) is 0 Å². The smallest absolute Gasteiger partial charge is 0.241 e. The minimum Gasteiger partial charge on any atom is -0.323 e. The van der Waals surface area contributed by atoms with E-state index in [1.165, 1.54) is 32.1 Å². The van der Waals surface area contributed by atoms with Gasteiger partial charge in [-0.15, -0.1) is 0 Å². The van der Waals surface area contributed by atoms with E-state index in [1.807, 2.05) is 0 Å². The van der Waals surface area contributed by atoms with Crippen molar-refractivity contribution in [2.45, 2.75) is 84.5 Å². The van der Waals surface area contributed by atoms with Gasteiger partial charge in [0.1, 0.15) is 0 Å². The SMILES string of the molecule is CCC1CCCCC1N1C(=O)C(C(C)C)NC1CC. The summed E-state index contributed by atoms with van der Waals surface area (Å²) >= 11 is 0. The Bertz CT molecular complexity index is 316. The van der Waals surface area contributed by atoms with Crippen molar-refractivity contribution in [2.24, 2.45) is 11.8 Å². The number of hydrogen-bond acceptors (Lipinski definition) is 2. The Labute approximate surface area is 118 Å². The van der Waals surface area contributed by atoms with Crippen LogP contribution >= 0.6 is 0 Å². The second-order valence-corrected chi connectivity index (χ2v) is 6.58. The average Bonchev–Trinajstić information content (AvgIpc) is 2.75. The molecule has 1 amide bonds. The summed E-state index contributed by atoms with van der Waals surface area (Å²) < 4.78 is 0. The number of amides is 1. The van der Waals surface area contributed by atoms with Crippen molar-refractivity contribution in [3.63, 3.8) is 0 Å². The molecule has 0 aromatic heterocycles. The molecule has 0 spiro atoms. The van der Waals surface area contributed by atoms with Crippen LogP contribution < -0.4 is 5.32 Å². The molecule has 0 bridgehead atoms. The van der Waals surface area contributed by atoms with E-state index in [0.29, 0.717) is 23.8 Å². The number of hydrogen-bond donors (Lipinski definition) is 1. The van der Waals surface area contributed by atoms with Gasteiger partial charge in [0.2, 0.25) is 5.91 Å². The fourth-order valence-corrected chi connectivity index (χ4v) is 3.89. The Hall–Kier alpha value is -0.570. The molecule has 1 aliphatic heterocycles. The number of rotatable bonds is 4. The molecule has 2 fully saturated rings. The topological polar surface area (TPSA) is 32.3 Å². The van der Waals surface area contributed by atoms with Gasteiger partial charge in [0.25, 0.3) is 0 Å². The Kier molecular flexibility index (Phi) is 4.88. The van der Waals surface area contributed by atoms with Crippen LogP contribution in [-0.2, 0) is 4.79 Å². The Morgan fingerprint density at radius 3 is 2.47 bits per heavy atom. The van der Waals surface area contributed by atoms with Gasteiger partial charge in [-0.3, -0.25) is 10.1 Å². The molecule has 4 unspecified atom stereocenters. The van der Waals surface area contributed by atoms with Crippen LogP contribution in [0.15, 0.2) is 0 Å². The van der Waals surface area contributed by atoms with E-state index in [0.717, 1.165) is 6.42 Å². The van der Waals surface area contributed by atoms with Crippen LogP contribution in [0.3, 0.4) is 0 Å². The standard InChI is InChI=1S/C16H30N2O/c1-5-12-9-7-8-10-13(12)18-14(6-2)17-15(11(3)4)16(18)19/h11-15,17H,5-10H2,1-4H3. The van der Waals surface area contributed by atoms with E-state index >= 15 is 0 Å². The molecule has 19 heavy (non-hydrogen) atoms. The summed E-state index contributed by atoms with van der Waals surface area (Å²) in [6.45, 7) is 8.75. The van der Waals surface area contributed by atoms with E-state index < -0.39 is 0 Å². The van der Waals surface area contributed by atoms with Gasteiger partial charge in [0.05, 0.1) is 12.2 Å². The van der Waals surface area contributed by atoms with Gasteiger partial charge < -0.3 is 4.90 Å². The third kappa shape index (κ3) is 2.81. The molecule has 1 heterocycles. The third-order valence-corrected chi connectivity index (χ3v) is 5.03. The fraction of sp³-hybridized carbons (Fsp3) is 0.938. The maximum absolute atomic E-state index is 12.7. The van der Waals surface area contributed by atoms with Gasteiger partial charge in [-0.25, -0.2) is 0 Å². The van der Waals surface area contributed by atoms with Crippen molar-refractivity contribution >= 4 is 5.91 Å². The minimum atomic E-state index is 0.0318. The third-order valence-electron chi connectivity index (χ3n) is 5.03. The highest BCUT2D eigenvalue weighted by Crippen LogP contribution is 2.34. The largest absolute Gasteiger partial charge is 0.323 e. The molecule has 1 saturated heterocycles. The maximum atomic E-state index is 12.7. The molecule has 0 radical (unpaired) electrons. The van der Waals surface area contributed by atoms with E-state index in [1.54, 1.807) is 0 Å². The normalized spacial score (nSPS) is 36.3. The number of carbonyl (C=O) groups is 1. The number of nitrogens with zero attached hydrogens (tertiary/aromatic N) is 1. The molecule has 2 rings (SSSR count). The monoisotopic (exact) mass is 266 g/mol. The second-order valence-electron chi connectivity index (χ2n) is 6.58. The zero-order valence-electron chi connectivity index (χ0n) is 13.0. The van der Waals surface area contributed by atoms with E-state index in [9.17, 15) is 4.79 Å². The highest BCUT2D eigenvalue weighted by Gasteiger charge is 2.44. The molecule has 2 aliphatic rings. The Morgan fingerprint density at radius 2 is 1.89 bits per heavy atom. The first kappa shape index (κ1) is 14.8. The van der Waals surface area contributed by atoms with Crippen molar-refractivity contribution in [2.75, 3.05) is 0 Å². The summed E-state index contributed by atoms with van der Waals surface area (Å²) in [5.41, 5.74) is 0. The van der Waals surface area contributed by atoms with E-state index in [-0.39, 0.29) is 12.2 Å². The van der Waals surface area contributed by atoms with Crippen LogP contribution in [0.5, 0.6) is 0 Å². The van der Waals surface area contributed by atoms with Crippen LogP contribution in [0.25, 0.3) is 0 Å². The van der Waals surface area contributed by atoms with Gasteiger partial charge in [-0.1, -0.05) is 47.0 Å².